The molecule has 0 saturated heterocycles. The molecular formula is C12H28F2OSi2. The van der Waals surface area contributed by atoms with E-state index in [1.807, 2.05) is 13.8 Å². The van der Waals surface area contributed by atoms with Crippen molar-refractivity contribution in [2.24, 2.45) is 0 Å². The van der Waals surface area contributed by atoms with E-state index in [1.54, 1.807) is 0 Å². The molecule has 1 nitrogen and oxygen atoms in total. The van der Waals surface area contributed by atoms with Gasteiger partial charge < -0.3 is 4.12 Å². The predicted octanol–water partition coefficient (Wildman–Crippen LogP) is 5.26. The minimum atomic E-state index is -2.21. The molecule has 0 N–H and O–H groups in total. The summed E-state index contributed by atoms with van der Waals surface area (Å²) in [6.45, 7) is 10.5. The molecule has 0 unspecified atom stereocenters. The van der Waals surface area contributed by atoms with Gasteiger partial charge in [0.25, 0.3) is 0 Å². The van der Waals surface area contributed by atoms with Crippen LogP contribution in [-0.4, -0.2) is 23.1 Å². The lowest BCUT2D eigenvalue weighted by Crippen LogP contribution is -2.50. The number of alkyl halides is 2. The Morgan fingerprint density at radius 3 is 1.35 bits per heavy atom. The van der Waals surface area contributed by atoms with Crippen LogP contribution < -0.4 is 0 Å². The zero-order chi connectivity index (χ0) is 13.5. The van der Waals surface area contributed by atoms with Gasteiger partial charge in [0.1, 0.15) is 0 Å². The first kappa shape index (κ1) is 17.3. The molecule has 17 heavy (non-hydrogen) atoms. The first-order chi connectivity index (χ1) is 7.93. The van der Waals surface area contributed by atoms with Crippen molar-refractivity contribution in [3.8, 4) is 0 Å². The van der Waals surface area contributed by atoms with Crippen molar-refractivity contribution in [2.75, 3.05) is 0 Å². The summed E-state index contributed by atoms with van der Waals surface area (Å²) in [6, 6.07) is 4.83. The van der Waals surface area contributed by atoms with E-state index in [2.05, 4.69) is 20.8 Å². The minimum absolute atomic E-state index is 0.0226. The van der Waals surface area contributed by atoms with Crippen LogP contribution in [0.15, 0.2) is 0 Å². The zero-order valence-electron chi connectivity index (χ0n) is 12.0. The molecule has 0 aromatic rings. The molecule has 0 heterocycles. The molecule has 0 aliphatic heterocycles. The van der Waals surface area contributed by atoms with Crippen LogP contribution in [0, 0.1) is 0 Å². The number of hydrogen-bond donors (Lipinski definition) is 0. The van der Waals surface area contributed by atoms with Crippen LogP contribution in [-0.2, 0) is 4.12 Å². The van der Waals surface area contributed by atoms with Crippen molar-refractivity contribution in [3.63, 3.8) is 0 Å². The molecule has 0 atom stereocenters. The fraction of sp³-hybridized carbons (Fsp3) is 1.00. The first-order valence-electron chi connectivity index (χ1n) is 6.91. The monoisotopic (exact) mass is 282 g/mol. The van der Waals surface area contributed by atoms with E-state index < -0.39 is 23.1 Å². The molecule has 0 saturated carbocycles. The van der Waals surface area contributed by atoms with Crippen molar-refractivity contribution in [3.05, 3.63) is 0 Å². The average molecular weight is 283 g/mol. The topological polar surface area (TPSA) is 9.23 Å². The van der Waals surface area contributed by atoms with Crippen LogP contribution in [0.5, 0.6) is 0 Å². The molecule has 0 amide bonds. The maximum absolute atomic E-state index is 12.8. The van der Waals surface area contributed by atoms with Crippen LogP contribution in [0.25, 0.3) is 0 Å². The Labute approximate surface area is 107 Å². The highest BCUT2D eigenvalue weighted by Gasteiger charge is 2.42. The van der Waals surface area contributed by atoms with Crippen molar-refractivity contribution in [2.45, 2.75) is 77.3 Å². The molecule has 0 bridgehead atoms. The molecule has 0 radical (unpaired) electrons. The molecule has 0 aliphatic carbocycles. The van der Waals surface area contributed by atoms with Gasteiger partial charge in [0.15, 0.2) is 16.6 Å². The maximum atomic E-state index is 12.8. The van der Waals surface area contributed by atoms with Crippen molar-refractivity contribution >= 4 is 16.6 Å². The van der Waals surface area contributed by atoms with Gasteiger partial charge in [-0.05, 0) is 30.2 Å². The van der Waals surface area contributed by atoms with E-state index in [9.17, 15) is 8.78 Å². The van der Waals surface area contributed by atoms with Gasteiger partial charge in [-0.25, -0.2) is 8.78 Å². The Balaban J connectivity index is 4.94. The third-order valence-electron chi connectivity index (χ3n) is 4.18. The summed E-state index contributed by atoms with van der Waals surface area (Å²) >= 11 is 0. The summed E-state index contributed by atoms with van der Waals surface area (Å²) in [5.41, 5.74) is 0. The van der Waals surface area contributed by atoms with Gasteiger partial charge in [-0.2, -0.15) is 0 Å². The second kappa shape index (κ2) is 7.64. The van der Waals surface area contributed by atoms with E-state index in [1.165, 1.54) is 0 Å². The van der Waals surface area contributed by atoms with Gasteiger partial charge in [-0.3, -0.25) is 0 Å². The summed E-state index contributed by atoms with van der Waals surface area (Å²) in [7, 11) is -3.93. The van der Waals surface area contributed by atoms with Crippen LogP contribution in [0.3, 0.4) is 0 Å². The van der Waals surface area contributed by atoms with Crippen molar-refractivity contribution in [1.82, 2.24) is 0 Å². The highest BCUT2D eigenvalue weighted by Crippen LogP contribution is 2.33. The molecule has 0 spiro atoms. The SMILES string of the molecule is CC[Si](CC)(CC)O[Si](CC)(CC)CC(F)F. The van der Waals surface area contributed by atoms with E-state index in [4.69, 9.17) is 4.12 Å². The lowest BCUT2D eigenvalue weighted by atomic mass is 10.8. The highest BCUT2D eigenvalue weighted by atomic mass is 28.4. The Morgan fingerprint density at radius 1 is 0.765 bits per heavy atom. The predicted molar refractivity (Wildman–Crippen MR) is 75.8 cm³/mol. The molecule has 104 valence electrons. The smallest absolute Gasteiger partial charge is 0.238 e. The van der Waals surface area contributed by atoms with E-state index in [-0.39, 0.29) is 6.04 Å². The molecular weight excluding hydrogens is 254 g/mol. The molecule has 5 heteroatoms. The standard InChI is InChI=1S/C12H28F2OSi2/c1-6-16(7-2,8-3)15-17(9-4,10-5)11-12(13)14/h12H,6-11H2,1-5H3. The molecule has 0 aromatic carbocycles. The van der Waals surface area contributed by atoms with Crippen LogP contribution >= 0.6 is 0 Å². The van der Waals surface area contributed by atoms with E-state index in [0.29, 0.717) is 0 Å². The maximum Gasteiger partial charge on any atom is 0.238 e. The lowest BCUT2D eigenvalue weighted by Gasteiger charge is -2.40. The van der Waals surface area contributed by atoms with Gasteiger partial charge in [-0.15, -0.1) is 0 Å². The summed E-state index contributed by atoms with van der Waals surface area (Å²) in [5.74, 6) is 0. The number of rotatable bonds is 9. The fourth-order valence-corrected chi connectivity index (χ4v) is 12.5. The summed E-state index contributed by atoms with van der Waals surface area (Å²) in [4.78, 5) is 0. The van der Waals surface area contributed by atoms with Gasteiger partial charge in [-0.1, -0.05) is 34.6 Å². The van der Waals surface area contributed by atoms with Crippen molar-refractivity contribution < 1.29 is 12.9 Å². The summed E-state index contributed by atoms with van der Waals surface area (Å²) in [5, 5.41) is 0. The van der Waals surface area contributed by atoms with E-state index in [0.717, 1.165) is 30.2 Å². The highest BCUT2D eigenvalue weighted by molar-refractivity contribution is 6.87. The normalized spacial score (nSPS) is 13.4. The Bertz CT molecular complexity index is 196. The average Bonchev–Trinajstić information content (AvgIpc) is 2.34. The Morgan fingerprint density at radius 2 is 1.12 bits per heavy atom. The second-order valence-corrected chi connectivity index (χ2v) is 14.3. The lowest BCUT2D eigenvalue weighted by molar-refractivity contribution is 0.164. The number of hydrogen-bond acceptors (Lipinski definition) is 1. The van der Waals surface area contributed by atoms with Gasteiger partial charge in [0.05, 0.1) is 0 Å². The van der Waals surface area contributed by atoms with Crippen LogP contribution in [0.4, 0.5) is 8.78 Å². The van der Waals surface area contributed by atoms with Crippen LogP contribution in [0.1, 0.15) is 34.6 Å². The van der Waals surface area contributed by atoms with Gasteiger partial charge in [0.2, 0.25) is 6.43 Å². The molecule has 0 fully saturated rings. The number of halogens is 2. The third-order valence-corrected chi connectivity index (χ3v) is 15.1. The summed E-state index contributed by atoms with van der Waals surface area (Å²) in [6.07, 6.45) is -2.21. The first-order valence-corrected chi connectivity index (χ1v) is 12.0. The molecule has 0 aromatic heterocycles. The fourth-order valence-electron chi connectivity index (χ4n) is 2.43. The van der Waals surface area contributed by atoms with Gasteiger partial charge >= 0.3 is 0 Å². The quantitative estimate of drug-likeness (QED) is 0.524. The minimum Gasteiger partial charge on any atom is -0.455 e. The molecule has 0 aliphatic rings. The molecule has 0 rings (SSSR count). The van der Waals surface area contributed by atoms with Gasteiger partial charge in [0, 0.05) is 6.04 Å². The van der Waals surface area contributed by atoms with E-state index >= 15 is 0 Å². The van der Waals surface area contributed by atoms with Crippen LogP contribution in [0.2, 0.25) is 36.3 Å². The largest absolute Gasteiger partial charge is 0.455 e. The summed E-state index contributed by atoms with van der Waals surface area (Å²) < 4.78 is 32.0. The third kappa shape index (κ3) is 4.79. The van der Waals surface area contributed by atoms with Crippen molar-refractivity contribution in [1.29, 1.82) is 0 Å². The zero-order valence-corrected chi connectivity index (χ0v) is 14.0. The Kier molecular flexibility index (Phi) is 7.75. The Hall–Kier alpha value is 0.254. The second-order valence-electron chi connectivity index (χ2n) is 4.83.